The van der Waals surface area contributed by atoms with Gasteiger partial charge in [0.25, 0.3) is 0 Å². The zero-order valence-electron chi connectivity index (χ0n) is 13.4. The fourth-order valence-electron chi connectivity index (χ4n) is 1.82. The van der Waals surface area contributed by atoms with Gasteiger partial charge in [-0.05, 0) is 23.3 Å². The van der Waals surface area contributed by atoms with Crippen molar-refractivity contribution in [2.45, 2.75) is 41.2 Å². The van der Waals surface area contributed by atoms with E-state index >= 15 is 0 Å². The molecule has 0 saturated heterocycles. The first kappa shape index (κ1) is 18.2. The normalized spacial score (nSPS) is 12.3. The predicted octanol–water partition coefficient (Wildman–Crippen LogP) is 3.48. The molecule has 23 heavy (non-hydrogen) atoms. The molecule has 0 radical (unpaired) electrons. The summed E-state index contributed by atoms with van der Waals surface area (Å²) in [7, 11) is 0. The van der Waals surface area contributed by atoms with Gasteiger partial charge in [-0.1, -0.05) is 61.7 Å². The number of carbonyl (C=O) groups excluding carboxylic acids is 1. The van der Waals surface area contributed by atoms with Crippen LogP contribution in [0.1, 0.15) is 26.3 Å². The Hall–Kier alpha value is -1.12. The average molecular weight is 369 g/mol. The fourth-order valence-corrected chi connectivity index (χ4v) is 4.97. The summed E-state index contributed by atoms with van der Waals surface area (Å²) in [5, 5.41) is 11.1. The molecule has 0 aromatic carbocycles. The van der Waals surface area contributed by atoms with Gasteiger partial charge in [-0.15, -0.1) is 10.2 Å². The van der Waals surface area contributed by atoms with Crippen LogP contribution in [0.4, 0.5) is 0 Å². The summed E-state index contributed by atoms with van der Waals surface area (Å²) in [6.45, 7) is 6.67. The molecule has 1 amide bonds. The number of pyridine rings is 1. The van der Waals surface area contributed by atoms with E-state index in [1.54, 1.807) is 35.5 Å². The highest BCUT2D eigenvalue weighted by Crippen LogP contribution is 2.33. The Balaban J connectivity index is 1.95. The molecule has 2 aromatic rings. The lowest BCUT2D eigenvalue weighted by molar-refractivity contribution is -0.121. The van der Waals surface area contributed by atoms with Gasteiger partial charge in [0.1, 0.15) is 0 Å². The summed E-state index contributed by atoms with van der Waals surface area (Å²) in [5.41, 5.74) is 0.992. The zero-order valence-corrected chi connectivity index (χ0v) is 15.8. The van der Waals surface area contributed by atoms with Crippen LogP contribution in [-0.2, 0) is 11.3 Å². The number of nitrogens with one attached hydrogen (secondary N) is 1. The number of rotatable bonds is 8. The van der Waals surface area contributed by atoms with Gasteiger partial charge in [0.2, 0.25) is 5.91 Å². The van der Waals surface area contributed by atoms with Gasteiger partial charge in [0.05, 0.1) is 5.25 Å². The van der Waals surface area contributed by atoms with Crippen molar-refractivity contribution in [3.05, 3.63) is 30.1 Å². The van der Waals surface area contributed by atoms with Crippen molar-refractivity contribution in [1.29, 1.82) is 0 Å². The lowest BCUT2D eigenvalue weighted by Crippen LogP contribution is -2.35. The molecule has 0 spiro atoms. The smallest absolute Gasteiger partial charge is 0.234 e. The van der Waals surface area contributed by atoms with E-state index in [1.165, 1.54) is 11.8 Å². The number of thioether (sulfide) groups is 2. The maximum absolute atomic E-state index is 12.5. The molecule has 2 aromatic heterocycles. The monoisotopic (exact) mass is 368 g/mol. The van der Waals surface area contributed by atoms with E-state index in [0.29, 0.717) is 6.54 Å². The lowest BCUT2D eigenvalue weighted by atomic mass is 10.1. The van der Waals surface area contributed by atoms with Crippen molar-refractivity contribution in [2.24, 2.45) is 5.92 Å². The van der Waals surface area contributed by atoms with E-state index < -0.39 is 0 Å². The molecule has 1 atom stereocenters. The van der Waals surface area contributed by atoms with Gasteiger partial charge in [0.15, 0.2) is 8.68 Å². The van der Waals surface area contributed by atoms with Gasteiger partial charge >= 0.3 is 0 Å². The maximum atomic E-state index is 12.5. The summed E-state index contributed by atoms with van der Waals surface area (Å²) in [5.74, 6) is 1.20. The Morgan fingerprint density at radius 3 is 2.78 bits per heavy atom. The molecule has 5 nitrogen and oxygen atoms in total. The molecular formula is C15H20N4OS3. The quantitative estimate of drug-likeness (QED) is 0.720. The second-order valence-corrected chi connectivity index (χ2v) is 9.01. The molecule has 0 aliphatic heterocycles. The van der Waals surface area contributed by atoms with Crippen molar-refractivity contribution in [2.75, 3.05) is 5.75 Å². The Kier molecular flexibility index (Phi) is 7.32. The van der Waals surface area contributed by atoms with Gasteiger partial charge in [0, 0.05) is 18.9 Å². The third-order valence-electron chi connectivity index (χ3n) is 2.94. The molecule has 0 unspecified atom stereocenters. The zero-order chi connectivity index (χ0) is 16.7. The third-order valence-corrected chi connectivity index (χ3v) is 6.50. The van der Waals surface area contributed by atoms with Crippen LogP contribution in [0.5, 0.6) is 0 Å². The molecule has 0 bridgehead atoms. The Labute approximate surface area is 149 Å². The van der Waals surface area contributed by atoms with Crippen LogP contribution >= 0.6 is 34.9 Å². The largest absolute Gasteiger partial charge is 0.351 e. The van der Waals surface area contributed by atoms with Gasteiger partial charge < -0.3 is 5.32 Å². The van der Waals surface area contributed by atoms with Crippen molar-refractivity contribution in [1.82, 2.24) is 20.5 Å². The maximum Gasteiger partial charge on any atom is 0.234 e. The number of hydrogen-bond donors (Lipinski definition) is 1. The van der Waals surface area contributed by atoms with E-state index in [-0.39, 0.29) is 17.1 Å². The summed E-state index contributed by atoms with van der Waals surface area (Å²) in [4.78, 5) is 16.5. The van der Waals surface area contributed by atoms with Crippen molar-refractivity contribution in [3.63, 3.8) is 0 Å². The summed E-state index contributed by atoms with van der Waals surface area (Å²) < 4.78 is 1.80. The molecule has 124 valence electrons. The third kappa shape index (κ3) is 5.78. The van der Waals surface area contributed by atoms with Crippen LogP contribution in [-0.4, -0.2) is 32.1 Å². The molecule has 2 heterocycles. The Morgan fingerprint density at radius 1 is 1.35 bits per heavy atom. The van der Waals surface area contributed by atoms with Crippen molar-refractivity contribution in [3.8, 4) is 0 Å². The highest BCUT2D eigenvalue weighted by atomic mass is 32.2. The van der Waals surface area contributed by atoms with Crippen LogP contribution in [0, 0.1) is 5.92 Å². The molecule has 0 saturated carbocycles. The molecule has 8 heteroatoms. The van der Waals surface area contributed by atoms with E-state index in [2.05, 4.69) is 27.4 Å². The first-order chi connectivity index (χ1) is 11.1. The van der Waals surface area contributed by atoms with Crippen LogP contribution in [0.15, 0.2) is 33.2 Å². The van der Waals surface area contributed by atoms with E-state index in [1.807, 2.05) is 26.0 Å². The highest BCUT2D eigenvalue weighted by molar-refractivity contribution is 8.03. The summed E-state index contributed by atoms with van der Waals surface area (Å²) in [6.07, 6.45) is 3.48. The van der Waals surface area contributed by atoms with Gasteiger partial charge in [-0.25, -0.2) is 0 Å². The fraction of sp³-hybridized carbons (Fsp3) is 0.467. The second kappa shape index (κ2) is 9.24. The average Bonchev–Trinajstić information content (AvgIpc) is 2.99. The Morgan fingerprint density at radius 2 is 2.13 bits per heavy atom. The van der Waals surface area contributed by atoms with Crippen molar-refractivity contribution >= 4 is 40.8 Å². The minimum atomic E-state index is -0.181. The topological polar surface area (TPSA) is 67.8 Å². The van der Waals surface area contributed by atoms with Crippen LogP contribution in [0.3, 0.4) is 0 Å². The molecule has 1 N–H and O–H groups in total. The van der Waals surface area contributed by atoms with Gasteiger partial charge in [-0.2, -0.15) is 0 Å². The summed E-state index contributed by atoms with van der Waals surface area (Å²) >= 11 is 4.71. The summed E-state index contributed by atoms with van der Waals surface area (Å²) in [6, 6.07) is 3.81. The van der Waals surface area contributed by atoms with Gasteiger partial charge in [-0.3, -0.25) is 9.78 Å². The molecule has 0 fully saturated rings. The number of aromatic nitrogens is 3. The second-order valence-electron chi connectivity index (χ2n) is 5.13. The lowest BCUT2D eigenvalue weighted by Gasteiger charge is -2.18. The van der Waals surface area contributed by atoms with Crippen molar-refractivity contribution < 1.29 is 4.79 Å². The first-order valence-electron chi connectivity index (χ1n) is 7.39. The number of carbonyl (C=O) groups is 1. The molecular weight excluding hydrogens is 348 g/mol. The van der Waals surface area contributed by atoms with Crippen LogP contribution < -0.4 is 5.32 Å². The number of hydrogen-bond acceptors (Lipinski definition) is 7. The SMILES string of the molecule is CCSc1nnc(S[C@@H](C(=O)NCc2cccnc2)C(C)C)s1. The van der Waals surface area contributed by atoms with E-state index in [0.717, 1.165) is 20.0 Å². The molecule has 0 aliphatic carbocycles. The number of amides is 1. The predicted molar refractivity (Wildman–Crippen MR) is 96.9 cm³/mol. The standard InChI is InChI=1S/C15H20N4OS3/c1-4-21-14-18-19-15(23-14)22-12(10(2)3)13(20)17-9-11-6-5-7-16-8-11/h5-8,10,12H,4,9H2,1-3H3,(H,17,20)/t12-/m1/s1. The molecule has 0 aliphatic rings. The Bertz CT molecular complexity index is 618. The van der Waals surface area contributed by atoms with E-state index in [9.17, 15) is 4.79 Å². The highest BCUT2D eigenvalue weighted by Gasteiger charge is 2.25. The minimum absolute atomic E-state index is 0.0220. The number of nitrogens with zero attached hydrogens (tertiary/aromatic N) is 3. The van der Waals surface area contributed by atoms with Crippen LogP contribution in [0.2, 0.25) is 0 Å². The molecule has 2 rings (SSSR count). The first-order valence-corrected chi connectivity index (χ1v) is 10.1. The van der Waals surface area contributed by atoms with Crippen LogP contribution in [0.25, 0.3) is 0 Å². The minimum Gasteiger partial charge on any atom is -0.351 e. The van der Waals surface area contributed by atoms with E-state index in [4.69, 9.17) is 0 Å².